The molecule has 0 fully saturated rings. The van der Waals surface area contributed by atoms with Crippen molar-refractivity contribution in [1.29, 1.82) is 0 Å². The van der Waals surface area contributed by atoms with Gasteiger partial charge in [0.25, 0.3) is 0 Å². The molecule has 4 heteroatoms. The minimum absolute atomic E-state index is 0.283. The molecule has 2 aromatic heterocycles. The van der Waals surface area contributed by atoms with Gasteiger partial charge in [0, 0.05) is 17.9 Å². The lowest BCUT2D eigenvalue weighted by molar-refractivity contribution is 0.835. The van der Waals surface area contributed by atoms with Crippen molar-refractivity contribution in [3.63, 3.8) is 0 Å². The maximum atomic E-state index is 4.65. The number of fused-ring (bicyclic) bond motifs is 2. The van der Waals surface area contributed by atoms with Crippen LogP contribution in [0.4, 0.5) is 5.69 Å². The molecule has 1 aliphatic heterocycles. The summed E-state index contributed by atoms with van der Waals surface area (Å²) in [6.07, 6.45) is 0. The van der Waals surface area contributed by atoms with Gasteiger partial charge < -0.3 is 10.3 Å². The highest BCUT2D eigenvalue weighted by Gasteiger charge is 2.25. The highest BCUT2D eigenvalue weighted by molar-refractivity contribution is 5.71. The number of anilines is 1. The molecule has 0 spiro atoms. The maximum Gasteiger partial charge on any atom is 0.177 e. The highest BCUT2D eigenvalue weighted by Crippen LogP contribution is 2.34. The summed E-state index contributed by atoms with van der Waals surface area (Å²) in [7, 11) is 0. The normalized spacial score (nSPS) is 17.4. The summed E-state index contributed by atoms with van der Waals surface area (Å²) >= 11 is 0. The third kappa shape index (κ3) is 1.60. The summed E-state index contributed by atoms with van der Waals surface area (Å²) in [6, 6.07) is 12.4. The molecule has 0 bridgehead atoms. The quantitative estimate of drug-likeness (QED) is 0.698. The number of nitrogens with zero attached hydrogens (tertiary/aromatic N) is 2. The molecule has 4 rings (SSSR count). The van der Waals surface area contributed by atoms with Crippen LogP contribution in [0.3, 0.4) is 0 Å². The van der Waals surface area contributed by atoms with Gasteiger partial charge >= 0.3 is 0 Å². The number of nitrogens with one attached hydrogen (secondary N) is 2. The van der Waals surface area contributed by atoms with Crippen LogP contribution >= 0.6 is 0 Å². The van der Waals surface area contributed by atoms with Gasteiger partial charge in [-0.2, -0.15) is 0 Å². The summed E-state index contributed by atoms with van der Waals surface area (Å²) < 4.78 is 0. The molecule has 3 aromatic rings. The van der Waals surface area contributed by atoms with Gasteiger partial charge in [0.2, 0.25) is 0 Å². The van der Waals surface area contributed by atoms with Crippen LogP contribution in [0, 0.1) is 6.92 Å². The smallest absolute Gasteiger partial charge is 0.177 e. The topological polar surface area (TPSA) is 53.6 Å². The Kier molecular flexibility index (Phi) is 2.12. The first-order valence-corrected chi connectivity index (χ1v) is 6.47. The van der Waals surface area contributed by atoms with Crippen LogP contribution < -0.4 is 5.32 Å². The summed E-state index contributed by atoms with van der Waals surface area (Å²) in [6.45, 7) is 2.87. The summed E-state index contributed by atoms with van der Waals surface area (Å²) in [4.78, 5) is 12.5. The number of hydrogen-bond donors (Lipinski definition) is 2. The molecule has 3 heterocycles. The van der Waals surface area contributed by atoms with E-state index in [0.717, 1.165) is 29.2 Å². The minimum Gasteiger partial charge on any atom is -0.384 e. The van der Waals surface area contributed by atoms with Crippen molar-refractivity contribution in [3.8, 4) is 0 Å². The second kappa shape index (κ2) is 3.82. The molecule has 0 saturated carbocycles. The summed E-state index contributed by atoms with van der Waals surface area (Å²) in [5, 5.41) is 3.42. The first-order valence-electron chi connectivity index (χ1n) is 6.47. The van der Waals surface area contributed by atoms with E-state index in [1.807, 2.05) is 19.1 Å². The highest BCUT2D eigenvalue weighted by atomic mass is 15.0. The van der Waals surface area contributed by atoms with E-state index in [0.29, 0.717) is 0 Å². The molecule has 0 aliphatic carbocycles. The lowest BCUT2D eigenvalue weighted by Gasteiger charge is -2.05. The van der Waals surface area contributed by atoms with Gasteiger partial charge in [0.15, 0.2) is 5.65 Å². The zero-order valence-corrected chi connectivity index (χ0v) is 10.6. The molecule has 94 valence electrons. The number of benzene rings is 1. The first kappa shape index (κ1) is 10.6. The van der Waals surface area contributed by atoms with Gasteiger partial charge in [-0.3, -0.25) is 0 Å². The standard InChI is InChI=1S/C15H14N4/c1-9-6-7-13-15(17-9)19-14(18-13)11-8-16-12-5-3-2-4-10(11)12/h2-7,11,16H,8H2,1H3,(H,17,18,19). The van der Waals surface area contributed by atoms with Crippen LogP contribution in [0.5, 0.6) is 0 Å². The van der Waals surface area contributed by atoms with Gasteiger partial charge in [-0.15, -0.1) is 0 Å². The Morgan fingerprint density at radius 3 is 2.95 bits per heavy atom. The molecule has 1 aliphatic rings. The lowest BCUT2D eigenvalue weighted by atomic mass is 10.0. The Labute approximate surface area is 110 Å². The van der Waals surface area contributed by atoms with Crippen molar-refractivity contribution in [2.24, 2.45) is 0 Å². The number of rotatable bonds is 1. The van der Waals surface area contributed by atoms with E-state index in [-0.39, 0.29) is 5.92 Å². The van der Waals surface area contributed by atoms with Crippen LogP contribution in [0.25, 0.3) is 11.2 Å². The molecule has 0 radical (unpaired) electrons. The van der Waals surface area contributed by atoms with E-state index in [1.165, 1.54) is 11.3 Å². The van der Waals surface area contributed by atoms with Crippen molar-refractivity contribution in [3.05, 3.63) is 53.5 Å². The maximum absolute atomic E-state index is 4.65. The second-order valence-electron chi connectivity index (χ2n) is 4.97. The number of aryl methyl sites for hydroxylation is 1. The average Bonchev–Trinajstić information content (AvgIpc) is 3.00. The lowest BCUT2D eigenvalue weighted by Crippen LogP contribution is -2.05. The van der Waals surface area contributed by atoms with Gasteiger partial charge in [-0.05, 0) is 30.7 Å². The summed E-state index contributed by atoms with van der Waals surface area (Å²) in [5.41, 5.74) is 5.32. The Morgan fingerprint density at radius 1 is 1.11 bits per heavy atom. The van der Waals surface area contributed by atoms with Gasteiger partial charge in [-0.25, -0.2) is 9.97 Å². The Balaban J connectivity index is 1.83. The first-order chi connectivity index (χ1) is 9.31. The molecule has 4 nitrogen and oxygen atoms in total. The molecular weight excluding hydrogens is 236 g/mol. The van der Waals surface area contributed by atoms with E-state index < -0.39 is 0 Å². The fourth-order valence-electron chi connectivity index (χ4n) is 2.70. The Hall–Kier alpha value is -2.36. The van der Waals surface area contributed by atoms with Crippen LogP contribution in [0.1, 0.15) is 23.0 Å². The van der Waals surface area contributed by atoms with Gasteiger partial charge in [-0.1, -0.05) is 18.2 Å². The largest absolute Gasteiger partial charge is 0.384 e. The molecule has 1 atom stereocenters. The van der Waals surface area contributed by atoms with Crippen molar-refractivity contribution in [2.45, 2.75) is 12.8 Å². The van der Waals surface area contributed by atoms with Gasteiger partial charge in [0.05, 0.1) is 11.4 Å². The molecule has 0 saturated heterocycles. The predicted molar refractivity (Wildman–Crippen MR) is 75.4 cm³/mol. The SMILES string of the molecule is Cc1ccc2[nH]c(C3CNc4ccccc43)nc2n1. The Bertz CT molecular complexity index is 760. The van der Waals surface area contributed by atoms with E-state index in [4.69, 9.17) is 0 Å². The number of hydrogen-bond acceptors (Lipinski definition) is 3. The van der Waals surface area contributed by atoms with Crippen LogP contribution in [-0.4, -0.2) is 21.5 Å². The number of pyridine rings is 1. The van der Waals surface area contributed by atoms with Crippen molar-refractivity contribution < 1.29 is 0 Å². The van der Waals surface area contributed by atoms with Gasteiger partial charge in [0.1, 0.15) is 5.82 Å². The molecule has 1 unspecified atom stereocenters. The summed E-state index contributed by atoms with van der Waals surface area (Å²) in [5.74, 6) is 1.27. The predicted octanol–water partition coefficient (Wildman–Crippen LogP) is 2.82. The zero-order valence-electron chi connectivity index (χ0n) is 10.6. The monoisotopic (exact) mass is 250 g/mol. The third-order valence-corrected chi connectivity index (χ3v) is 3.67. The number of imidazole rings is 1. The minimum atomic E-state index is 0.283. The number of aromatic nitrogens is 3. The second-order valence-corrected chi connectivity index (χ2v) is 4.97. The van der Waals surface area contributed by atoms with Crippen LogP contribution in [0.15, 0.2) is 36.4 Å². The van der Waals surface area contributed by atoms with Crippen molar-refractivity contribution in [2.75, 3.05) is 11.9 Å². The number of H-pyrrole nitrogens is 1. The fourth-order valence-corrected chi connectivity index (χ4v) is 2.70. The molecular formula is C15H14N4. The van der Waals surface area contributed by atoms with Crippen molar-refractivity contribution in [1.82, 2.24) is 15.0 Å². The van der Waals surface area contributed by atoms with E-state index >= 15 is 0 Å². The average molecular weight is 250 g/mol. The number of para-hydroxylation sites is 1. The van der Waals surface area contributed by atoms with Crippen molar-refractivity contribution >= 4 is 16.9 Å². The van der Waals surface area contributed by atoms with E-state index in [1.54, 1.807) is 0 Å². The zero-order chi connectivity index (χ0) is 12.8. The number of aromatic amines is 1. The Morgan fingerprint density at radius 2 is 2.00 bits per heavy atom. The van der Waals surface area contributed by atoms with E-state index in [9.17, 15) is 0 Å². The fraction of sp³-hybridized carbons (Fsp3) is 0.200. The molecule has 0 amide bonds. The molecule has 1 aromatic carbocycles. The van der Waals surface area contributed by atoms with E-state index in [2.05, 4.69) is 44.5 Å². The molecule has 19 heavy (non-hydrogen) atoms. The molecule has 2 N–H and O–H groups in total. The van der Waals surface area contributed by atoms with Crippen LogP contribution in [-0.2, 0) is 0 Å². The van der Waals surface area contributed by atoms with Crippen LogP contribution in [0.2, 0.25) is 0 Å². The third-order valence-electron chi connectivity index (χ3n) is 3.67.